The summed E-state index contributed by atoms with van der Waals surface area (Å²) in [4.78, 5) is 20.8. The summed E-state index contributed by atoms with van der Waals surface area (Å²) >= 11 is 0. The molecule has 2 saturated heterocycles. The highest BCUT2D eigenvalue weighted by Crippen LogP contribution is 2.26. The molecular weight excluding hydrogens is 346 g/mol. The lowest BCUT2D eigenvalue weighted by Crippen LogP contribution is -2.53. The monoisotopic (exact) mass is 383 g/mol. The van der Waals surface area contributed by atoms with Crippen molar-refractivity contribution in [3.63, 3.8) is 0 Å². The summed E-state index contributed by atoms with van der Waals surface area (Å²) in [6.45, 7) is 8.94. The molecule has 0 bridgehead atoms. The standard InChI is InChI=1S/C19H37N5O3/c1-5-20-17(21-15-19(23(3)4)9-13-26-14-10-19)22-16-7-11-24(12-8-16)18(25)27-6-2/h16H,5-15H2,1-4H3,(H2,20,21,22). The third kappa shape index (κ3) is 6.24. The van der Waals surface area contributed by atoms with Crippen molar-refractivity contribution in [1.29, 1.82) is 0 Å². The Balaban J connectivity index is 1.91. The summed E-state index contributed by atoms with van der Waals surface area (Å²) in [7, 11) is 4.26. The normalized spacial score (nSPS) is 21.2. The summed E-state index contributed by atoms with van der Waals surface area (Å²) < 4.78 is 10.6. The van der Waals surface area contributed by atoms with Crippen molar-refractivity contribution < 1.29 is 14.3 Å². The number of rotatable bonds is 6. The summed E-state index contributed by atoms with van der Waals surface area (Å²) in [6.07, 6.45) is 3.59. The molecule has 156 valence electrons. The highest BCUT2D eigenvalue weighted by atomic mass is 16.6. The average Bonchev–Trinajstić information content (AvgIpc) is 2.67. The molecule has 2 fully saturated rings. The fourth-order valence-corrected chi connectivity index (χ4v) is 3.66. The zero-order valence-corrected chi connectivity index (χ0v) is 17.4. The first-order chi connectivity index (χ1) is 13.0. The van der Waals surface area contributed by atoms with E-state index in [1.54, 1.807) is 4.90 Å². The van der Waals surface area contributed by atoms with Crippen LogP contribution in [0, 0.1) is 0 Å². The van der Waals surface area contributed by atoms with Crippen molar-refractivity contribution in [3.05, 3.63) is 0 Å². The molecule has 1 amide bonds. The molecule has 0 atom stereocenters. The SMILES string of the molecule is CCNC(=NCC1(N(C)C)CCOCC1)NC1CCN(C(=O)OCC)CC1. The lowest BCUT2D eigenvalue weighted by atomic mass is 9.89. The first-order valence-corrected chi connectivity index (χ1v) is 10.2. The second-order valence-electron chi connectivity index (χ2n) is 7.53. The number of aliphatic imine (C=N–C) groups is 1. The second-order valence-corrected chi connectivity index (χ2v) is 7.53. The number of guanidine groups is 1. The maximum atomic E-state index is 11.8. The molecule has 0 aromatic heterocycles. The summed E-state index contributed by atoms with van der Waals surface area (Å²) in [5.74, 6) is 0.861. The lowest BCUT2D eigenvalue weighted by Gasteiger charge is -2.42. The molecular formula is C19H37N5O3. The second kappa shape index (κ2) is 10.7. The Bertz CT molecular complexity index is 484. The van der Waals surface area contributed by atoms with E-state index in [9.17, 15) is 4.79 Å². The van der Waals surface area contributed by atoms with E-state index >= 15 is 0 Å². The molecule has 0 spiro atoms. The number of nitrogens with one attached hydrogen (secondary N) is 2. The molecule has 0 unspecified atom stereocenters. The number of ether oxygens (including phenoxy) is 2. The summed E-state index contributed by atoms with van der Waals surface area (Å²) in [6, 6.07) is 0.318. The van der Waals surface area contributed by atoms with Crippen LogP contribution < -0.4 is 10.6 Å². The fraction of sp³-hybridized carbons (Fsp3) is 0.895. The van der Waals surface area contributed by atoms with E-state index in [4.69, 9.17) is 14.5 Å². The minimum Gasteiger partial charge on any atom is -0.450 e. The molecule has 2 heterocycles. The molecule has 2 rings (SSSR count). The predicted octanol–water partition coefficient (Wildman–Crippen LogP) is 1.27. The van der Waals surface area contributed by atoms with E-state index < -0.39 is 0 Å². The quantitative estimate of drug-likeness (QED) is 0.531. The van der Waals surface area contributed by atoms with Gasteiger partial charge in [-0.05, 0) is 53.6 Å². The maximum absolute atomic E-state index is 11.8. The highest BCUT2D eigenvalue weighted by molar-refractivity contribution is 5.80. The number of nitrogens with zero attached hydrogens (tertiary/aromatic N) is 3. The van der Waals surface area contributed by atoms with Gasteiger partial charge >= 0.3 is 6.09 Å². The van der Waals surface area contributed by atoms with Gasteiger partial charge in [-0.1, -0.05) is 0 Å². The number of hydrogen-bond donors (Lipinski definition) is 2. The van der Waals surface area contributed by atoms with Gasteiger partial charge in [-0.3, -0.25) is 4.99 Å². The number of likely N-dealkylation sites (N-methyl/N-ethyl adjacent to an activating group) is 1. The van der Waals surface area contributed by atoms with Gasteiger partial charge in [-0.25, -0.2) is 4.79 Å². The molecule has 8 nitrogen and oxygen atoms in total. The Morgan fingerprint density at radius 3 is 2.48 bits per heavy atom. The largest absolute Gasteiger partial charge is 0.450 e. The van der Waals surface area contributed by atoms with Crippen LogP contribution in [-0.4, -0.2) is 93.5 Å². The molecule has 0 aromatic rings. The summed E-state index contributed by atoms with van der Waals surface area (Å²) in [5, 5.41) is 6.92. The summed E-state index contributed by atoms with van der Waals surface area (Å²) in [5.41, 5.74) is 0.0634. The number of carbonyl (C=O) groups excluding carboxylic acids is 1. The van der Waals surface area contributed by atoms with E-state index in [0.29, 0.717) is 12.6 Å². The Labute approximate surface area is 163 Å². The Morgan fingerprint density at radius 1 is 1.26 bits per heavy atom. The first-order valence-electron chi connectivity index (χ1n) is 10.2. The van der Waals surface area contributed by atoms with Crippen LogP contribution in [0.5, 0.6) is 0 Å². The molecule has 0 aliphatic carbocycles. The fourth-order valence-electron chi connectivity index (χ4n) is 3.66. The molecule has 0 radical (unpaired) electrons. The van der Waals surface area contributed by atoms with Crippen LogP contribution in [0.1, 0.15) is 39.5 Å². The van der Waals surface area contributed by atoms with E-state index in [1.807, 2.05) is 6.92 Å². The van der Waals surface area contributed by atoms with E-state index in [1.165, 1.54) is 0 Å². The number of likely N-dealkylation sites (tertiary alicyclic amines) is 1. The molecule has 2 aliphatic heterocycles. The van der Waals surface area contributed by atoms with Crippen LogP contribution in [0.15, 0.2) is 4.99 Å². The Kier molecular flexibility index (Phi) is 8.63. The topological polar surface area (TPSA) is 78.4 Å². The van der Waals surface area contributed by atoms with E-state index in [2.05, 4.69) is 36.6 Å². The van der Waals surface area contributed by atoms with Gasteiger partial charge in [0.15, 0.2) is 5.96 Å². The van der Waals surface area contributed by atoms with E-state index in [0.717, 1.165) is 71.0 Å². The van der Waals surface area contributed by atoms with Gasteiger partial charge in [0.2, 0.25) is 0 Å². The number of carbonyl (C=O) groups is 1. The number of piperidine rings is 1. The molecule has 27 heavy (non-hydrogen) atoms. The van der Waals surface area contributed by atoms with Crippen molar-refractivity contribution in [1.82, 2.24) is 20.4 Å². The van der Waals surface area contributed by atoms with Gasteiger partial charge in [0, 0.05) is 44.4 Å². The molecule has 2 N–H and O–H groups in total. The van der Waals surface area contributed by atoms with Gasteiger partial charge in [-0.2, -0.15) is 0 Å². The Hall–Kier alpha value is -1.54. The van der Waals surface area contributed by atoms with Crippen LogP contribution in [-0.2, 0) is 9.47 Å². The third-order valence-corrected chi connectivity index (χ3v) is 5.61. The van der Waals surface area contributed by atoms with Gasteiger partial charge in [0.25, 0.3) is 0 Å². The number of hydrogen-bond acceptors (Lipinski definition) is 5. The third-order valence-electron chi connectivity index (χ3n) is 5.61. The minimum atomic E-state index is -0.205. The zero-order valence-electron chi connectivity index (χ0n) is 17.4. The van der Waals surface area contributed by atoms with Crippen molar-refractivity contribution >= 4 is 12.1 Å². The maximum Gasteiger partial charge on any atom is 0.409 e. The van der Waals surface area contributed by atoms with Gasteiger partial charge in [0.05, 0.1) is 13.2 Å². The zero-order chi connectivity index (χ0) is 19.7. The van der Waals surface area contributed by atoms with Crippen molar-refractivity contribution in [2.24, 2.45) is 4.99 Å². The van der Waals surface area contributed by atoms with E-state index in [-0.39, 0.29) is 11.6 Å². The van der Waals surface area contributed by atoms with Crippen LogP contribution in [0.25, 0.3) is 0 Å². The van der Waals surface area contributed by atoms with Crippen molar-refractivity contribution in [2.75, 3.05) is 60.1 Å². The van der Waals surface area contributed by atoms with Gasteiger partial charge in [0.1, 0.15) is 0 Å². The molecule has 2 aliphatic rings. The molecule has 0 saturated carbocycles. The number of amides is 1. The van der Waals surface area contributed by atoms with Crippen LogP contribution in [0.3, 0.4) is 0 Å². The lowest BCUT2D eigenvalue weighted by molar-refractivity contribution is -0.00256. The Morgan fingerprint density at radius 2 is 1.93 bits per heavy atom. The van der Waals surface area contributed by atoms with Gasteiger partial charge in [-0.15, -0.1) is 0 Å². The van der Waals surface area contributed by atoms with Crippen LogP contribution in [0.4, 0.5) is 4.79 Å². The highest BCUT2D eigenvalue weighted by Gasteiger charge is 2.35. The molecule has 0 aromatic carbocycles. The van der Waals surface area contributed by atoms with Crippen molar-refractivity contribution in [3.8, 4) is 0 Å². The van der Waals surface area contributed by atoms with Crippen LogP contribution in [0.2, 0.25) is 0 Å². The van der Waals surface area contributed by atoms with Crippen molar-refractivity contribution in [2.45, 2.75) is 51.1 Å². The minimum absolute atomic E-state index is 0.0634. The van der Waals surface area contributed by atoms with Crippen LogP contribution >= 0.6 is 0 Å². The predicted molar refractivity (Wildman–Crippen MR) is 107 cm³/mol. The molecule has 8 heteroatoms. The average molecular weight is 384 g/mol. The smallest absolute Gasteiger partial charge is 0.409 e. The van der Waals surface area contributed by atoms with Gasteiger partial charge < -0.3 is 29.9 Å². The first kappa shape index (κ1) is 21.8.